The maximum Gasteiger partial charge on any atom is 0.408 e. The quantitative estimate of drug-likeness (QED) is 0.625. The molecule has 0 spiro atoms. The highest BCUT2D eigenvalue weighted by Crippen LogP contribution is 2.14. The van der Waals surface area contributed by atoms with Crippen molar-refractivity contribution in [2.45, 2.75) is 32.4 Å². The summed E-state index contributed by atoms with van der Waals surface area (Å²) in [4.78, 5) is 23.5. The van der Waals surface area contributed by atoms with Crippen LogP contribution in [0.5, 0.6) is 5.75 Å². The van der Waals surface area contributed by atoms with Crippen molar-refractivity contribution in [3.8, 4) is 5.75 Å². The van der Waals surface area contributed by atoms with E-state index in [1.54, 1.807) is 20.8 Å². The van der Waals surface area contributed by atoms with Crippen molar-refractivity contribution >= 4 is 17.7 Å². The molecular formula is C14H20N2O5. The first-order valence-corrected chi connectivity index (χ1v) is 6.41. The molecule has 0 aliphatic rings. The van der Waals surface area contributed by atoms with E-state index in [4.69, 9.17) is 9.84 Å². The summed E-state index contributed by atoms with van der Waals surface area (Å²) in [5.41, 5.74) is -0.264. The molecule has 7 nitrogen and oxygen atoms in total. The number of phenolic OH excluding ortho intramolecular Hbond substituents is 1. The van der Waals surface area contributed by atoms with Crippen LogP contribution in [-0.4, -0.2) is 40.5 Å². The van der Waals surface area contributed by atoms with Crippen molar-refractivity contribution in [1.82, 2.24) is 5.32 Å². The predicted octanol–water partition coefficient (Wildman–Crippen LogP) is 1.22. The average Bonchev–Trinajstić information content (AvgIpc) is 2.36. The summed E-state index contributed by atoms with van der Waals surface area (Å²) in [6.07, 6.45) is -0.789. The zero-order valence-corrected chi connectivity index (χ0v) is 12.2. The third kappa shape index (κ3) is 6.13. The van der Waals surface area contributed by atoms with Gasteiger partial charge in [0, 0.05) is 5.69 Å². The standard InChI is InChI=1S/C14H20N2O5/c1-14(2,3)21-13(20)16-11(8-17)12(19)15-9-4-6-10(18)7-5-9/h4-7,11,17-18H,8H2,1-3H3,(H,15,19)(H,16,20)/t11-/m0/s1. The monoisotopic (exact) mass is 296 g/mol. The normalized spacial score (nSPS) is 12.4. The molecule has 0 aliphatic heterocycles. The average molecular weight is 296 g/mol. The predicted molar refractivity (Wildman–Crippen MR) is 77.0 cm³/mol. The zero-order chi connectivity index (χ0) is 16.0. The second-order valence-electron chi connectivity index (χ2n) is 5.42. The van der Waals surface area contributed by atoms with E-state index < -0.39 is 30.3 Å². The molecular weight excluding hydrogens is 276 g/mol. The number of nitrogens with one attached hydrogen (secondary N) is 2. The van der Waals surface area contributed by atoms with Crippen LogP contribution in [0.25, 0.3) is 0 Å². The van der Waals surface area contributed by atoms with E-state index in [2.05, 4.69) is 10.6 Å². The van der Waals surface area contributed by atoms with Crippen LogP contribution >= 0.6 is 0 Å². The van der Waals surface area contributed by atoms with Crippen molar-refractivity contribution in [3.63, 3.8) is 0 Å². The van der Waals surface area contributed by atoms with Gasteiger partial charge in [-0.2, -0.15) is 0 Å². The van der Waals surface area contributed by atoms with Crippen molar-refractivity contribution in [1.29, 1.82) is 0 Å². The van der Waals surface area contributed by atoms with E-state index in [-0.39, 0.29) is 5.75 Å². The summed E-state index contributed by atoms with van der Waals surface area (Å²) in [5.74, 6) is -0.521. The second kappa shape index (κ2) is 6.94. The lowest BCUT2D eigenvalue weighted by molar-refractivity contribution is -0.119. The third-order valence-electron chi connectivity index (χ3n) is 2.32. The van der Waals surface area contributed by atoms with Crippen LogP contribution in [0.1, 0.15) is 20.8 Å². The summed E-state index contributed by atoms with van der Waals surface area (Å²) in [6, 6.07) is 4.67. The molecule has 21 heavy (non-hydrogen) atoms. The molecule has 1 rings (SSSR count). The number of aromatic hydroxyl groups is 1. The summed E-state index contributed by atoms with van der Waals surface area (Å²) in [6.45, 7) is 4.51. The van der Waals surface area contributed by atoms with E-state index in [0.717, 1.165) is 0 Å². The van der Waals surface area contributed by atoms with Crippen LogP contribution < -0.4 is 10.6 Å². The number of benzene rings is 1. The molecule has 1 aromatic carbocycles. The minimum atomic E-state index is -1.13. The maximum absolute atomic E-state index is 11.9. The number of carbonyl (C=O) groups excluding carboxylic acids is 2. The first-order chi connectivity index (χ1) is 9.71. The molecule has 1 atom stereocenters. The highest BCUT2D eigenvalue weighted by Gasteiger charge is 2.23. The Kier molecular flexibility index (Phi) is 5.54. The highest BCUT2D eigenvalue weighted by atomic mass is 16.6. The Balaban J connectivity index is 2.61. The fraction of sp³-hybridized carbons (Fsp3) is 0.429. The number of amides is 2. The van der Waals surface area contributed by atoms with E-state index >= 15 is 0 Å². The molecule has 0 saturated heterocycles. The molecule has 0 radical (unpaired) electrons. The minimum Gasteiger partial charge on any atom is -0.508 e. The van der Waals surface area contributed by atoms with Gasteiger partial charge in [-0.1, -0.05) is 0 Å². The van der Waals surface area contributed by atoms with Gasteiger partial charge in [0.2, 0.25) is 5.91 Å². The van der Waals surface area contributed by atoms with Crippen LogP contribution in [-0.2, 0) is 9.53 Å². The fourth-order valence-electron chi connectivity index (χ4n) is 1.42. The minimum absolute atomic E-state index is 0.0681. The van der Waals surface area contributed by atoms with Gasteiger partial charge in [0.25, 0.3) is 0 Å². The molecule has 0 aromatic heterocycles. The van der Waals surface area contributed by atoms with Crippen LogP contribution in [0, 0.1) is 0 Å². The van der Waals surface area contributed by atoms with Crippen molar-refractivity contribution in [2.75, 3.05) is 11.9 Å². The molecule has 2 amide bonds. The number of phenols is 1. The van der Waals surface area contributed by atoms with Crippen LogP contribution in [0.2, 0.25) is 0 Å². The molecule has 0 unspecified atom stereocenters. The number of hydrogen-bond donors (Lipinski definition) is 4. The van der Waals surface area contributed by atoms with Gasteiger partial charge >= 0.3 is 6.09 Å². The Morgan fingerprint density at radius 1 is 1.24 bits per heavy atom. The number of anilines is 1. The van der Waals surface area contributed by atoms with Gasteiger partial charge in [-0.25, -0.2) is 4.79 Å². The smallest absolute Gasteiger partial charge is 0.408 e. The molecule has 0 heterocycles. The number of ether oxygens (including phenoxy) is 1. The van der Waals surface area contributed by atoms with Gasteiger partial charge in [-0.15, -0.1) is 0 Å². The third-order valence-corrected chi connectivity index (χ3v) is 2.32. The second-order valence-corrected chi connectivity index (χ2v) is 5.42. The van der Waals surface area contributed by atoms with E-state index in [1.807, 2.05) is 0 Å². The molecule has 116 valence electrons. The van der Waals surface area contributed by atoms with Crippen LogP contribution in [0.15, 0.2) is 24.3 Å². The highest BCUT2D eigenvalue weighted by molar-refractivity contribution is 5.96. The summed E-state index contributed by atoms with van der Waals surface area (Å²) < 4.78 is 5.01. The van der Waals surface area contributed by atoms with E-state index in [0.29, 0.717) is 5.69 Å². The molecule has 0 bridgehead atoms. The van der Waals surface area contributed by atoms with Crippen molar-refractivity contribution in [3.05, 3.63) is 24.3 Å². The molecule has 4 N–H and O–H groups in total. The lowest BCUT2D eigenvalue weighted by Gasteiger charge is -2.22. The number of alkyl carbamates (subject to hydrolysis) is 1. The Morgan fingerprint density at radius 3 is 2.29 bits per heavy atom. The SMILES string of the molecule is CC(C)(C)OC(=O)N[C@@H](CO)C(=O)Nc1ccc(O)cc1. The molecule has 7 heteroatoms. The van der Waals surface area contributed by atoms with Gasteiger partial charge in [-0.3, -0.25) is 4.79 Å². The van der Waals surface area contributed by atoms with Crippen LogP contribution in [0.4, 0.5) is 10.5 Å². The number of aliphatic hydroxyl groups is 1. The van der Waals surface area contributed by atoms with Gasteiger partial charge in [0.05, 0.1) is 6.61 Å². The summed E-state index contributed by atoms with van der Waals surface area (Å²) in [5, 5.41) is 23.1. The van der Waals surface area contributed by atoms with E-state index in [1.165, 1.54) is 24.3 Å². The van der Waals surface area contributed by atoms with Gasteiger partial charge < -0.3 is 25.6 Å². The van der Waals surface area contributed by atoms with Gasteiger partial charge in [0.1, 0.15) is 17.4 Å². The Hall–Kier alpha value is -2.28. The largest absolute Gasteiger partial charge is 0.508 e. The molecule has 0 saturated carbocycles. The van der Waals surface area contributed by atoms with Gasteiger partial charge in [0.15, 0.2) is 0 Å². The maximum atomic E-state index is 11.9. The van der Waals surface area contributed by atoms with Crippen molar-refractivity contribution < 1.29 is 24.5 Å². The van der Waals surface area contributed by atoms with Crippen molar-refractivity contribution in [2.24, 2.45) is 0 Å². The lowest BCUT2D eigenvalue weighted by Crippen LogP contribution is -2.47. The number of rotatable bonds is 4. The molecule has 0 fully saturated rings. The zero-order valence-electron chi connectivity index (χ0n) is 12.2. The first kappa shape index (κ1) is 16.8. The summed E-state index contributed by atoms with van der Waals surface area (Å²) in [7, 11) is 0. The fourth-order valence-corrected chi connectivity index (χ4v) is 1.42. The van der Waals surface area contributed by atoms with Crippen LogP contribution in [0.3, 0.4) is 0 Å². The Labute approximate surface area is 122 Å². The van der Waals surface area contributed by atoms with E-state index in [9.17, 15) is 14.7 Å². The first-order valence-electron chi connectivity index (χ1n) is 6.41. The van der Waals surface area contributed by atoms with Gasteiger partial charge in [-0.05, 0) is 45.0 Å². The number of carbonyl (C=O) groups is 2. The number of aliphatic hydroxyl groups excluding tert-OH is 1. The molecule has 0 aliphatic carbocycles. The summed E-state index contributed by atoms with van der Waals surface area (Å²) >= 11 is 0. The Morgan fingerprint density at radius 2 is 1.81 bits per heavy atom. The topological polar surface area (TPSA) is 108 Å². The Bertz CT molecular complexity index is 493. The lowest BCUT2D eigenvalue weighted by atomic mass is 10.2. The number of hydrogen-bond acceptors (Lipinski definition) is 5. The molecule has 1 aromatic rings.